The Hall–Kier alpha value is -1.38. The van der Waals surface area contributed by atoms with Crippen molar-refractivity contribution < 1.29 is 5.21 Å². The lowest BCUT2D eigenvalue weighted by Gasteiger charge is -1.90. The molecule has 0 bridgehead atoms. The summed E-state index contributed by atoms with van der Waals surface area (Å²) in [6, 6.07) is 3.69. The first kappa shape index (κ1) is 6.74. The van der Waals surface area contributed by atoms with Crippen molar-refractivity contribution in [3.63, 3.8) is 0 Å². The summed E-state index contributed by atoms with van der Waals surface area (Å²) < 4.78 is 0. The average Bonchev–Trinajstić information content (AvgIpc) is 1.95. The van der Waals surface area contributed by atoms with Crippen LogP contribution in [-0.2, 0) is 0 Å². The predicted molar refractivity (Wildman–Crippen MR) is 38.4 cm³/mol. The van der Waals surface area contributed by atoms with E-state index in [2.05, 4.69) is 10.1 Å². The van der Waals surface area contributed by atoms with E-state index in [9.17, 15) is 0 Å². The van der Waals surface area contributed by atoms with Gasteiger partial charge < -0.3 is 5.21 Å². The zero-order valence-electron chi connectivity index (χ0n) is 5.65. The smallest absolute Gasteiger partial charge is 0.0918 e. The molecular weight excluding hydrogens is 128 g/mol. The van der Waals surface area contributed by atoms with Gasteiger partial charge in [0.1, 0.15) is 0 Å². The molecule has 0 aromatic carbocycles. The number of nitrogens with zero attached hydrogens (tertiary/aromatic N) is 2. The molecule has 10 heavy (non-hydrogen) atoms. The van der Waals surface area contributed by atoms with Crippen molar-refractivity contribution in [1.29, 1.82) is 0 Å². The molecule has 1 rings (SSSR count). The van der Waals surface area contributed by atoms with Crippen LogP contribution in [0.3, 0.4) is 0 Å². The summed E-state index contributed by atoms with van der Waals surface area (Å²) in [5, 5.41) is 11.0. The molecule has 0 aliphatic rings. The lowest BCUT2D eigenvalue weighted by Crippen LogP contribution is -1.86. The molecule has 1 aromatic heterocycles. The molecule has 0 radical (unpaired) electrons. The third-order valence-electron chi connectivity index (χ3n) is 1.12. The average molecular weight is 136 g/mol. The van der Waals surface area contributed by atoms with E-state index < -0.39 is 0 Å². The monoisotopic (exact) mass is 136 g/mol. The zero-order valence-corrected chi connectivity index (χ0v) is 5.65. The second kappa shape index (κ2) is 2.96. The first-order chi connectivity index (χ1) is 4.83. The number of oxime groups is 1. The number of aromatic nitrogens is 1. The van der Waals surface area contributed by atoms with Crippen molar-refractivity contribution >= 4 is 6.21 Å². The number of pyridine rings is 1. The highest BCUT2D eigenvalue weighted by atomic mass is 16.4. The molecule has 0 saturated carbocycles. The van der Waals surface area contributed by atoms with Crippen molar-refractivity contribution in [2.24, 2.45) is 5.16 Å². The minimum atomic E-state index is 0.660. The van der Waals surface area contributed by atoms with Gasteiger partial charge in [-0.25, -0.2) is 0 Å². The molecule has 0 spiro atoms. The first-order valence-corrected chi connectivity index (χ1v) is 2.93. The third kappa shape index (κ3) is 1.55. The van der Waals surface area contributed by atoms with E-state index in [0.29, 0.717) is 5.69 Å². The molecular formula is C7H8N2O. The molecule has 0 atom stereocenters. The molecule has 0 unspecified atom stereocenters. The van der Waals surface area contributed by atoms with E-state index in [1.54, 1.807) is 12.3 Å². The van der Waals surface area contributed by atoms with E-state index in [4.69, 9.17) is 5.21 Å². The SMILES string of the molecule is Cc1ccc(C=NO)nc1. The Morgan fingerprint density at radius 2 is 2.40 bits per heavy atom. The van der Waals surface area contributed by atoms with Gasteiger partial charge in [0.2, 0.25) is 0 Å². The van der Waals surface area contributed by atoms with Gasteiger partial charge in [-0.05, 0) is 18.6 Å². The van der Waals surface area contributed by atoms with Gasteiger partial charge in [0.15, 0.2) is 0 Å². The summed E-state index contributed by atoms with van der Waals surface area (Å²) in [7, 11) is 0. The van der Waals surface area contributed by atoms with E-state index in [1.807, 2.05) is 13.0 Å². The Kier molecular flexibility index (Phi) is 1.99. The number of hydrogen-bond acceptors (Lipinski definition) is 3. The molecule has 0 amide bonds. The van der Waals surface area contributed by atoms with Gasteiger partial charge in [0.05, 0.1) is 11.9 Å². The number of hydrogen-bond donors (Lipinski definition) is 1. The van der Waals surface area contributed by atoms with Crippen LogP contribution in [0.25, 0.3) is 0 Å². The maximum Gasteiger partial charge on any atom is 0.0918 e. The van der Waals surface area contributed by atoms with Crippen LogP contribution in [-0.4, -0.2) is 16.4 Å². The Morgan fingerprint density at radius 1 is 1.60 bits per heavy atom. The topological polar surface area (TPSA) is 45.5 Å². The van der Waals surface area contributed by atoms with Crippen molar-refractivity contribution in [2.45, 2.75) is 6.92 Å². The van der Waals surface area contributed by atoms with E-state index in [-0.39, 0.29) is 0 Å². The van der Waals surface area contributed by atoms with Gasteiger partial charge in [0.25, 0.3) is 0 Å². The number of rotatable bonds is 1. The molecule has 1 N–H and O–H groups in total. The van der Waals surface area contributed by atoms with E-state index in [0.717, 1.165) is 5.56 Å². The van der Waals surface area contributed by atoms with Crippen molar-refractivity contribution in [3.05, 3.63) is 29.6 Å². The van der Waals surface area contributed by atoms with Crippen molar-refractivity contribution in [2.75, 3.05) is 0 Å². The van der Waals surface area contributed by atoms with Crippen LogP contribution in [0.2, 0.25) is 0 Å². The van der Waals surface area contributed by atoms with Gasteiger partial charge in [-0.2, -0.15) is 0 Å². The second-order valence-electron chi connectivity index (χ2n) is 2.00. The van der Waals surface area contributed by atoms with Crippen LogP contribution >= 0.6 is 0 Å². The summed E-state index contributed by atoms with van der Waals surface area (Å²) in [6.07, 6.45) is 3.01. The third-order valence-corrected chi connectivity index (χ3v) is 1.12. The normalized spacial score (nSPS) is 10.5. The van der Waals surface area contributed by atoms with Crippen molar-refractivity contribution in [1.82, 2.24) is 4.98 Å². The molecule has 1 heterocycles. The lowest BCUT2D eigenvalue weighted by atomic mass is 10.3. The van der Waals surface area contributed by atoms with E-state index in [1.165, 1.54) is 6.21 Å². The van der Waals surface area contributed by atoms with Gasteiger partial charge in [-0.3, -0.25) is 4.98 Å². The van der Waals surface area contributed by atoms with Crippen LogP contribution in [0.4, 0.5) is 0 Å². The highest BCUT2D eigenvalue weighted by Gasteiger charge is 1.86. The van der Waals surface area contributed by atoms with Gasteiger partial charge in [-0.1, -0.05) is 11.2 Å². The Labute approximate surface area is 59.0 Å². The minimum Gasteiger partial charge on any atom is -0.411 e. The molecule has 0 saturated heterocycles. The van der Waals surface area contributed by atoms with Crippen LogP contribution in [0.1, 0.15) is 11.3 Å². The fraction of sp³-hybridized carbons (Fsp3) is 0.143. The van der Waals surface area contributed by atoms with Gasteiger partial charge in [-0.15, -0.1) is 0 Å². The summed E-state index contributed by atoms with van der Waals surface area (Å²) in [4.78, 5) is 3.96. The Morgan fingerprint density at radius 3 is 2.90 bits per heavy atom. The Balaban J connectivity index is 2.89. The van der Waals surface area contributed by atoms with Crippen LogP contribution in [0.5, 0.6) is 0 Å². The molecule has 3 nitrogen and oxygen atoms in total. The zero-order chi connectivity index (χ0) is 7.40. The highest BCUT2D eigenvalue weighted by molar-refractivity contribution is 5.76. The minimum absolute atomic E-state index is 0.660. The molecule has 0 fully saturated rings. The Bertz CT molecular complexity index is 228. The summed E-state index contributed by atoms with van der Waals surface area (Å²) in [6.45, 7) is 1.95. The lowest BCUT2D eigenvalue weighted by molar-refractivity contribution is 0.321. The largest absolute Gasteiger partial charge is 0.411 e. The van der Waals surface area contributed by atoms with Gasteiger partial charge in [0, 0.05) is 6.20 Å². The molecule has 3 heteroatoms. The predicted octanol–water partition coefficient (Wildman–Crippen LogP) is 1.20. The maximum absolute atomic E-state index is 8.12. The van der Waals surface area contributed by atoms with Crippen LogP contribution in [0, 0.1) is 6.92 Å². The molecule has 52 valence electrons. The number of aryl methyl sites for hydroxylation is 1. The van der Waals surface area contributed by atoms with Crippen LogP contribution in [0.15, 0.2) is 23.5 Å². The summed E-state index contributed by atoms with van der Waals surface area (Å²) in [5.74, 6) is 0. The quantitative estimate of drug-likeness (QED) is 0.358. The molecule has 0 aliphatic carbocycles. The molecule has 1 aromatic rings. The fourth-order valence-electron chi connectivity index (χ4n) is 0.615. The van der Waals surface area contributed by atoms with Gasteiger partial charge >= 0.3 is 0 Å². The standard InChI is InChI=1S/C7H8N2O/c1-6-2-3-7(5-9-10)8-4-6/h2-5,10H,1H3. The van der Waals surface area contributed by atoms with Crippen LogP contribution < -0.4 is 0 Å². The second-order valence-corrected chi connectivity index (χ2v) is 2.00. The van der Waals surface area contributed by atoms with E-state index >= 15 is 0 Å². The van der Waals surface area contributed by atoms with Crippen molar-refractivity contribution in [3.8, 4) is 0 Å². The molecule has 0 aliphatic heterocycles. The highest BCUT2D eigenvalue weighted by Crippen LogP contribution is 1.94. The summed E-state index contributed by atoms with van der Waals surface area (Å²) >= 11 is 0. The maximum atomic E-state index is 8.12. The summed E-state index contributed by atoms with van der Waals surface area (Å²) in [5.41, 5.74) is 1.75. The first-order valence-electron chi connectivity index (χ1n) is 2.93. The fourth-order valence-corrected chi connectivity index (χ4v) is 0.615.